The number of hydrogen-bond acceptors (Lipinski definition) is 4. The van der Waals surface area contributed by atoms with Crippen LogP contribution in [0.25, 0.3) is 0 Å². The average Bonchev–Trinajstić information content (AvgIpc) is 2.48. The van der Waals surface area contributed by atoms with Crippen LogP contribution in [0.3, 0.4) is 0 Å². The van der Waals surface area contributed by atoms with Crippen LogP contribution in [0.2, 0.25) is 0 Å². The molecule has 0 aliphatic carbocycles. The largest absolute Gasteiger partial charge is 0.339 e. The standard InChI is InChI=1S/C15H20N4O/c1-18-6-8-19(9-7-18)15(20)12-17-11-14-4-2-13(10-16)3-5-14/h2-5,17H,6-9,11-12H2,1H3. The van der Waals surface area contributed by atoms with E-state index in [2.05, 4.69) is 23.3 Å². The fourth-order valence-electron chi connectivity index (χ4n) is 2.18. The molecule has 5 nitrogen and oxygen atoms in total. The Balaban J connectivity index is 1.72. The molecule has 1 fully saturated rings. The van der Waals surface area contributed by atoms with E-state index in [9.17, 15) is 4.79 Å². The molecule has 1 N–H and O–H groups in total. The molecule has 0 bridgehead atoms. The quantitative estimate of drug-likeness (QED) is 0.863. The topological polar surface area (TPSA) is 59.4 Å². The van der Waals surface area contributed by atoms with Gasteiger partial charge >= 0.3 is 0 Å². The molecule has 0 unspecified atom stereocenters. The molecule has 2 rings (SSSR count). The van der Waals surface area contributed by atoms with Gasteiger partial charge in [0.05, 0.1) is 18.2 Å². The van der Waals surface area contributed by atoms with Crippen molar-refractivity contribution in [1.29, 1.82) is 5.26 Å². The Hall–Kier alpha value is -1.90. The second-order valence-corrected chi connectivity index (χ2v) is 5.10. The number of benzene rings is 1. The molecule has 1 aliphatic rings. The van der Waals surface area contributed by atoms with Crippen LogP contribution in [-0.4, -0.2) is 55.5 Å². The zero-order chi connectivity index (χ0) is 14.4. The minimum atomic E-state index is 0.159. The van der Waals surface area contributed by atoms with Gasteiger partial charge in [-0.3, -0.25) is 4.79 Å². The van der Waals surface area contributed by atoms with Crippen molar-refractivity contribution in [2.24, 2.45) is 0 Å². The molecular formula is C15H20N4O. The molecular weight excluding hydrogens is 252 g/mol. The third-order valence-electron chi connectivity index (χ3n) is 3.54. The Morgan fingerprint density at radius 3 is 2.50 bits per heavy atom. The van der Waals surface area contributed by atoms with Crippen LogP contribution in [-0.2, 0) is 11.3 Å². The molecule has 0 aromatic heterocycles. The number of hydrogen-bond donors (Lipinski definition) is 1. The number of carbonyl (C=O) groups is 1. The van der Waals surface area contributed by atoms with E-state index in [0.29, 0.717) is 18.7 Å². The third-order valence-corrected chi connectivity index (χ3v) is 3.54. The van der Waals surface area contributed by atoms with E-state index in [-0.39, 0.29) is 5.91 Å². The molecule has 106 valence electrons. The summed E-state index contributed by atoms with van der Waals surface area (Å²) in [6, 6.07) is 9.49. The van der Waals surface area contributed by atoms with E-state index in [0.717, 1.165) is 31.7 Å². The van der Waals surface area contributed by atoms with Crippen LogP contribution in [0.1, 0.15) is 11.1 Å². The number of amides is 1. The number of likely N-dealkylation sites (N-methyl/N-ethyl adjacent to an activating group) is 1. The van der Waals surface area contributed by atoms with E-state index in [1.165, 1.54) is 0 Å². The summed E-state index contributed by atoms with van der Waals surface area (Å²) in [6.07, 6.45) is 0. The third kappa shape index (κ3) is 4.05. The number of carbonyl (C=O) groups excluding carboxylic acids is 1. The SMILES string of the molecule is CN1CCN(C(=O)CNCc2ccc(C#N)cc2)CC1. The lowest BCUT2D eigenvalue weighted by Crippen LogP contribution is -2.49. The highest BCUT2D eigenvalue weighted by atomic mass is 16.2. The van der Waals surface area contributed by atoms with Gasteiger partial charge in [0.1, 0.15) is 0 Å². The first-order valence-corrected chi connectivity index (χ1v) is 6.85. The van der Waals surface area contributed by atoms with E-state index in [1.807, 2.05) is 17.0 Å². The lowest BCUT2D eigenvalue weighted by molar-refractivity contribution is -0.131. The highest BCUT2D eigenvalue weighted by Crippen LogP contribution is 2.03. The molecule has 1 heterocycles. The van der Waals surface area contributed by atoms with Crippen LogP contribution >= 0.6 is 0 Å². The van der Waals surface area contributed by atoms with E-state index in [1.54, 1.807) is 12.1 Å². The Morgan fingerprint density at radius 1 is 1.25 bits per heavy atom. The van der Waals surface area contributed by atoms with Crippen molar-refractivity contribution in [3.05, 3.63) is 35.4 Å². The fraction of sp³-hybridized carbons (Fsp3) is 0.467. The highest BCUT2D eigenvalue weighted by molar-refractivity contribution is 5.78. The van der Waals surface area contributed by atoms with E-state index < -0.39 is 0 Å². The second-order valence-electron chi connectivity index (χ2n) is 5.10. The van der Waals surface area contributed by atoms with Crippen molar-refractivity contribution < 1.29 is 4.79 Å². The normalized spacial score (nSPS) is 15.9. The number of nitriles is 1. The summed E-state index contributed by atoms with van der Waals surface area (Å²) in [4.78, 5) is 16.1. The Labute approximate surface area is 119 Å². The number of piperazine rings is 1. The van der Waals surface area contributed by atoms with Crippen molar-refractivity contribution >= 4 is 5.91 Å². The summed E-state index contributed by atoms with van der Waals surface area (Å²) < 4.78 is 0. The van der Waals surface area contributed by atoms with Crippen molar-refractivity contribution in [1.82, 2.24) is 15.1 Å². The van der Waals surface area contributed by atoms with E-state index >= 15 is 0 Å². The van der Waals surface area contributed by atoms with Gasteiger partial charge in [-0.1, -0.05) is 12.1 Å². The summed E-state index contributed by atoms with van der Waals surface area (Å²) in [5.74, 6) is 0.159. The molecule has 1 aliphatic heterocycles. The van der Waals surface area contributed by atoms with Crippen LogP contribution in [0.5, 0.6) is 0 Å². The van der Waals surface area contributed by atoms with Crippen molar-refractivity contribution in [3.8, 4) is 6.07 Å². The van der Waals surface area contributed by atoms with Gasteiger partial charge in [0, 0.05) is 32.7 Å². The molecule has 5 heteroatoms. The molecule has 0 atom stereocenters. The highest BCUT2D eigenvalue weighted by Gasteiger charge is 2.18. The first-order valence-electron chi connectivity index (χ1n) is 6.85. The molecule has 1 saturated heterocycles. The Kier molecular flexibility index (Phi) is 5.10. The van der Waals surface area contributed by atoms with Crippen LogP contribution in [0.15, 0.2) is 24.3 Å². The molecule has 0 saturated carbocycles. The van der Waals surface area contributed by atoms with Crippen LogP contribution in [0, 0.1) is 11.3 Å². The van der Waals surface area contributed by atoms with Gasteiger partial charge in [0.25, 0.3) is 0 Å². The second kappa shape index (κ2) is 7.04. The summed E-state index contributed by atoms with van der Waals surface area (Å²) in [7, 11) is 2.07. The van der Waals surface area contributed by atoms with Gasteiger partial charge in [-0.2, -0.15) is 5.26 Å². The van der Waals surface area contributed by atoms with Gasteiger partial charge in [0.15, 0.2) is 0 Å². The molecule has 20 heavy (non-hydrogen) atoms. The van der Waals surface area contributed by atoms with Gasteiger partial charge in [-0.05, 0) is 24.7 Å². The lowest BCUT2D eigenvalue weighted by Gasteiger charge is -2.32. The monoisotopic (exact) mass is 272 g/mol. The predicted molar refractivity (Wildman–Crippen MR) is 76.9 cm³/mol. The van der Waals surface area contributed by atoms with E-state index in [4.69, 9.17) is 5.26 Å². The van der Waals surface area contributed by atoms with Crippen molar-refractivity contribution in [2.75, 3.05) is 39.8 Å². The first-order chi connectivity index (χ1) is 9.69. The number of nitrogens with zero attached hydrogens (tertiary/aromatic N) is 3. The Bertz CT molecular complexity index is 484. The zero-order valence-corrected chi connectivity index (χ0v) is 11.8. The minimum Gasteiger partial charge on any atom is -0.339 e. The first kappa shape index (κ1) is 14.5. The van der Waals surface area contributed by atoms with Crippen LogP contribution in [0.4, 0.5) is 0 Å². The molecule has 1 aromatic rings. The average molecular weight is 272 g/mol. The van der Waals surface area contributed by atoms with Gasteiger partial charge in [-0.15, -0.1) is 0 Å². The molecule has 0 spiro atoms. The minimum absolute atomic E-state index is 0.159. The Morgan fingerprint density at radius 2 is 1.90 bits per heavy atom. The maximum atomic E-state index is 12.0. The molecule has 1 amide bonds. The summed E-state index contributed by atoms with van der Waals surface area (Å²) >= 11 is 0. The van der Waals surface area contributed by atoms with Crippen molar-refractivity contribution in [2.45, 2.75) is 6.54 Å². The lowest BCUT2D eigenvalue weighted by atomic mass is 10.1. The maximum absolute atomic E-state index is 12.0. The van der Waals surface area contributed by atoms with Gasteiger partial charge in [-0.25, -0.2) is 0 Å². The predicted octanol–water partition coefficient (Wildman–Crippen LogP) is 0.422. The summed E-state index contributed by atoms with van der Waals surface area (Å²) in [5, 5.41) is 11.9. The summed E-state index contributed by atoms with van der Waals surface area (Å²) in [6.45, 7) is 4.53. The molecule has 0 radical (unpaired) electrons. The zero-order valence-electron chi connectivity index (χ0n) is 11.8. The maximum Gasteiger partial charge on any atom is 0.236 e. The fourth-order valence-corrected chi connectivity index (χ4v) is 2.18. The number of nitrogens with one attached hydrogen (secondary N) is 1. The van der Waals surface area contributed by atoms with Gasteiger partial charge in [0.2, 0.25) is 5.91 Å². The van der Waals surface area contributed by atoms with Crippen molar-refractivity contribution in [3.63, 3.8) is 0 Å². The molecule has 1 aromatic carbocycles. The number of rotatable bonds is 4. The summed E-state index contributed by atoms with van der Waals surface area (Å²) in [5.41, 5.74) is 1.73. The van der Waals surface area contributed by atoms with Gasteiger partial charge < -0.3 is 15.1 Å². The smallest absolute Gasteiger partial charge is 0.236 e. The van der Waals surface area contributed by atoms with Crippen LogP contribution < -0.4 is 5.32 Å².